The summed E-state index contributed by atoms with van der Waals surface area (Å²) in [5.41, 5.74) is 3.22. The summed E-state index contributed by atoms with van der Waals surface area (Å²) in [4.78, 5) is 27.7. The Bertz CT molecular complexity index is 1210. The molecular formula is C29H36Cl3N5O4. The summed E-state index contributed by atoms with van der Waals surface area (Å²) in [6, 6.07) is 21.4. The molecule has 0 bridgehead atoms. The van der Waals surface area contributed by atoms with E-state index in [1.807, 2.05) is 12.1 Å². The minimum Gasteiger partial charge on any atom is -0.481 e. The summed E-state index contributed by atoms with van der Waals surface area (Å²) < 4.78 is 11.1. The molecule has 2 fully saturated rings. The zero-order valence-corrected chi connectivity index (χ0v) is 25.4. The second kappa shape index (κ2) is 15.0. The number of aromatic nitrogens is 2. The van der Waals surface area contributed by atoms with Crippen molar-refractivity contribution in [2.75, 3.05) is 53.6 Å². The molecule has 0 aliphatic carbocycles. The molecule has 41 heavy (non-hydrogen) atoms. The van der Waals surface area contributed by atoms with Crippen LogP contribution in [0.4, 0.5) is 0 Å². The van der Waals surface area contributed by atoms with E-state index in [9.17, 15) is 9.90 Å². The molecule has 0 saturated carbocycles. The molecular weight excluding hydrogens is 589 g/mol. The number of hydrogen-bond acceptors (Lipinski definition) is 8. The first-order valence-electron chi connectivity index (χ1n) is 13.1. The molecule has 2 aromatic carbocycles. The van der Waals surface area contributed by atoms with Crippen LogP contribution in [0.15, 0.2) is 60.7 Å². The van der Waals surface area contributed by atoms with Crippen LogP contribution < -0.4 is 9.47 Å². The highest BCUT2D eigenvalue weighted by molar-refractivity contribution is 6.28. The number of rotatable bonds is 8. The number of hydrogen-bond donors (Lipinski definition) is 1. The van der Waals surface area contributed by atoms with Gasteiger partial charge in [-0.15, -0.1) is 24.8 Å². The quantitative estimate of drug-likeness (QED) is 0.381. The van der Waals surface area contributed by atoms with E-state index in [0.717, 1.165) is 25.2 Å². The molecule has 0 spiro atoms. The summed E-state index contributed by atoms with van der Waals surface area (Å²) in [6.07, 6.45) is 0. The predicted molar refractivity (Wildman–Crippen MR) is 163 cm³/mol. The van der Waals surface area contributed by atoms with E-state index in [2.05, 4.69) is 68.3 Å². The number of carbonyl (C=O) groups excluding carboxylic acids is 1. The van der Waals surface area contributed by atoms with Crippen molar-refractivity contribution in [3.8, 4) is 11.8 Å². The average molecular weight is 625 g/mol. The minimum atomic E-state index is -0.479. The summed E-state index contributed by atoms with van der Waals surface area (Å²) in [6.45, 7) is 3.39. The Morgan fingerprint density at radius 1 is 0.927 bits per heavy atom. The molecule has 5 rings (SSSR count). The van der Waals surface area contributed by atoms with Crippen LogP contribution in [0, 0.1) is 0 Å². The van der Waals surface area contributed by atoms with Crippen molar-refractivity contribution in [1.29, 1.82) is 0 Å². The highest BCUT2D eigenvalue weighted by Gasteiger charge is 2.43. The largest absolute Gasteiger partial charge is 0.481 e. The van der Waals surface area contributed by atoms with Gasteiger partial charge in [0.05, 0.1) is 19.8 Å². The van der Waals surface area contributed by atoms with E-state index in [1.165, 1.54) is 11.1 Å². The van der Waals surface area contributed by atoms with Gasteiger partial charge in [-0.1, -0.05) is 60.7 Å². The van der Waals surface area contributed by atoms with E-state index in [4.69, 9.17) is 21.1 Å². The highest BCUT2D eigenvalue weighted by Crippen LogP contribution is 2.37. The van der Waals surface area contributed by atoms with Crippen LogP contribution in [0.5, 0.6) is 11.8 Å². The molecule has 1 aromatic heterocycles. The van der Waals surface area contributed by atoms with E-state index < -0.39 is 6.61 Å². The lowest BCUT2D eigenvalue weighted by molar-refractivity contribution is -0.139. The van der Waals surface area contributed by atoms with Crippen molar-refractivity contribution in [2.24, 2.45) is 0 Å². The highest BCUT2D eigenvalue weighted by atomic mass is 35.5. The number of methoxy groups -OCH3 is 2. The van der Waals surface area contributed by atoms with Gasteiger partial charge in [0.1, 0.15) is 6.61 Å². The van der Waals surface area contributed by atoms with Crippen LogP contribution in [-0.2, 0) is 11.3 Å². The normalized spacial score (nSPS) is 19.1. The van der Waals surface area contributed by atoms with Crippen molar-refractivity contribution in [3.63, 3.8) is 0 Å². The fourth-order valence-corrected chi connectivity index (χ4v) is 6.19. The van der Waals surface area contributed by atoms with Crippen LogP contribution in [0.1, 0.15) is 22.6 Å². The van der Waals surface area contributed by atoms with Gasteiger partial charge >= 0.3 is 0 Å². The van der Waals surface area contributed by atoms with Crippen LogP contribution >= 0.6 is 36.4 Å². The van der Waals surface area contributed by atoms with E-state index in [1.54, 1.807) is 19.1 Å². The van der Waals surface area contributed by atoms with Crippen LogP contribution in [-0.4, -0.2) is 101 Å². The lowest BCUT2D eigenvalue weighted by Gasteiger charge is -2.53. The Balaban J connectivity index is 0.00000231. The number of piperazine rings is 2. The van der Waals surface area contributed by atoms with Gasteiger partial charge < -0.3 is 19.5 Å². The Morgan fingerprint density at radius 2 is 1.49 bits per heavy atom. The smallest absolute Gasteiger partial charge is 0.248 e. The second-order valence-corrected chi connectivity index (χ2v) is 10.3. The van der Waals surface area contributed by atoms with Crippen LogP contribution in [0.2, 0.25) is 5.28 Å². The number of fused-ring (bicyclic) bond motifs is 1. The van der Waals surface area contributed by atoms with Gasteiger partial charge in [-0.05, 0) is 22.7 Å². The fourth-order valence-electron chi connectivity index (χ4n) is 6.04. The van der Waals surface area contributed by atoms with Crippen molar-refractivity contribution in [1.82, 2.24) is 24.7 Å². The molecule has 2 saturated heterocycles. The number of aliphatic hydroxyl groups is 1. The Kier molecular flexibility index (Phi) is 12.0. The Hall–Kier alpha value is -2.66. The number of aliphatic hydroxyl groups excluding tert-OH is 1. The topological polar surface area (TPSA) is 91.3 Å². The lowest BCUT2D eigenvalue weighted by atomic mass is 9.81. The van der Waals surface area contributed by atoms with E-state index in [-0.39, 0.29) is 54.0 Å². The molecule has 9 nitrogen and oxygen atoms in total. The molecule has 2 aliphatic rings. The molecule has 12 heteroatoms. The number of carbonyl (C=O) groups is 1. The maximum Gasteiger partial charge on any atom is 0.248 e. The first kappa shape index (κ1) is 32.8. The van der Waals surface area contributed by atoms with E-state index >= 15 is 0 Å². The lowest BCUT2D eigenvalue weighted by Crippen LogP contribution is -2.67. The van der Waals surface area contributed by atoms with Gasteiger partial charge in [-0.3, -0.25) is 14.6 Å². The second-order valence-electron chi connectivity index (χ2n) is 9.94. The average Bonchev–Trinajstić information content (AvgIpc) is 2.98. The maximum absolute atomic E-state index is 12.5. The first-order valence-corrected chi connectivity index (χ1v) is 13.5. The molecule has 2 atom stereocenters. The zero-order chi connectivity index (χ0) is 27.4. The molecule has 1 amide bonds. The minimum absolute atomic E-state index is 0. The molecule has 0 unspecified atom stereocenters. The van der Waals surface area contributed by atoms with Gasteiger partial charge in [-0.25, -0.2) is 0 Å². The van der Waals surface area contributed by atoms with Crippen LogP contribution in [0.3, 0.4) is 0 Å². The van der Waals surface area contributed by atoms with Gasteiger partial charge in [0.25, 0.3) is 0 Å². The zero-order valence-electron chi connectivity index (χ0n) is 23.1. The van der Waals surface area contributed by atoms with Crippen molar-refractivity contribution >= 4 is 42.3 Å². The van der Waals surface area contributed by atoms with Gasteiger partial charge in [-0.2, -0.15) is 9.97 Å². The fraction of sp³-hybridized carbons (Fsp3) is 0.414. The summed E-state index contributed by atoms with van der Waals surface area (Å²) in [5, 5.41) is 9.60. The molecule has 222 valence electrons. The Labute approximate surface area is 258 Å². The van der Waals surface area contributed by atoms with Gasteiger partial charge in [0.15, 0.2) is 0 Å². The number of benzene rings is 2. The van der Waals surface area contributed by atoms with Crippen molar-refractivity contribution < 1.29 is 19.4 Å². The van der Waals surface area contributed by atoms with Crippen molar-refractivity contribution in [2.45, 2.75) is 24.5 Å². The number of halogens is 3. The van der Waals surface area contributed by atoms with Gasteiger partial charge in [0.2, 0.25) is 23.0 Å². The number of amides is 1. The summed E-state index contributed by atoms with van der Waals surface area (Å²) in [5.74, 6) is 0.645. The molecule has 1 N–H and O–H groups in total. The first-order chi connectivity index (χ1) is 19.0. The third kappa shape index (κ3) is 7.23. The number of ether oxygens (including phenoxy) is 2. The summed E-state index contributed by atoms with van der Waals surface area (Å²) >= 11 is 6.11. The predicted octanol–water partition coefficient (Wildman–Crippen LogP) is 3.51. The summed E-state index contributed by atoms with van der Waals surface area (Å²) in [7, 11) is 3.12. The monoisotopic (exact) mass is 623 g/mol. The SMILES string of the molecule is COc1nc(Cl)nc(OC)c1CN1C[C@@H]2CN(C(=O)CO)CCN2[C@H](C(c2ccccc2)c2ccccc2)C1.Cl.Cl. The number of nitrogens with zero attached hydrogens (tertiary/aromatic N) is 5. The third-order valence-electron chi connectivity index (χ3n) is 7.73. The van der Waals surface area contributed by atoms with Crippen LogP contribution in [0.25, 0.3) is 0 Å². The van der Waals surface area contributed by atoms with Crippen molar-refractivity contribution in [3.05, 3.63) is 82.6 Å². The molecule has 3 heterocycles. The molecule has 3 aromatic rings. The molecule has 0 radical (unpaired) electrons. The van der Waals surface area contributed by atoms with Gasteiger partial charge in [0, 0.05) is 57.3 Å². The molecule has 2 aliphatic heterocycles. The Morgan fingerprint density at radius 3 is 2.00 bits per heavy atom. The third-order valence-corrected chi connectivity index (χ3v) is 7.90. The maximum atomic E-state index is 12.5. The standard InChI is InChI=1S/C29H34ClN5O4.2ClH/c1-38-27-23(28(39-2)32-29(30)31-27)17-33-15-22-16-34(25(37)19-36)13-14-35(22)24(18-33)26(20-9-5-3-6-10-20)21-11-7-4-8-12-21;;/h3-12,22,24,26,36H,13-19H2,1-2H3;2*1H/t22-,24+;;/m1../s1. The van der Waals surface area contributed by atoms with E-state index in [0.29, 0.717) is 31.4 Å².